The van der Waals surface area contributed by atoms with Crippen LogP contribution in [0.15, 0.2) is 48.2 Å². The number of carboxylic acids is 3. The van der Waals surface area contributed by atoms with Crippen molar-refractivity contribution in [3.05, 3.63) is 53.8 Å². The van der Waals surface area contributed by atoms with Crippen molar-refractivity contribution in [2.45, 2.75) is 13.0 Å². The summed E-state index contributed by atoms with van der Waals surface area (Å²) in [5.41, 5.74) is 1.85. The summed E-state index contributed by atoms with van der Waals surface area (Å²) in [5, 5.41) is 33.5. The quantitative estimate of drug-likeness (QED) is 0.150. The number of rotatable bonds is 14. The van der Waals surface area contributed by atoms with E-state index in [2.05, 4.69) is 10.6 Å². The summed E-state index contributed by atoms with van der Waals surface area (Å²) in [6.45, 7) is 2.95. The van der Waals surface area contributed by atoms with Crippen LogP contribution in [0.5, 0.6) is 0 Å². The van der Waals surface area contributed by atoms with Crippen molar-refractivity contribution < 1.29 is 48.8 Å². The van der Waals surface area contributed by atoms with E-state index in [1.54, 1.807) is 50.9 Å². The van der Waals surface area contributed by atoms with Gasteiger partial charge in [-0.15, -0.1) is 0 Å². The maximum Gasteiger partial charge on any atom is 0.337 e. The first-order valence-corrected chi connectivity index (χ1v) is 16.3. The van der Waals surface area contributed by atoms with E-state index in [9.17, 15) is 44.1 Å². The third-order valence-corrected chi connectivity index (χ3v) is 8.13. The molecule has 0 saturated carbocycles. The Bertz CT molecular complexity index is 1390. The number of hydrogen-bond acceptors (Lipinski definition) is 12. The van der Waals surface area contributed by atoms with Crippen molar-refractivity contribution in [1.29, 1.82) is 0 Å². The monoisotopic (exact) mass is 701 g/mol. The minimum Gasteiger partial charge on any atom is -0.480 e. The molecule has 1 saturated heterocycles. The summed E-state index contributed by atoms with van der Waals surface area (Å²) in [6, 6.07) is 6.89. The van der Waals surface area contributed by atoms with Gasteiger partial charge in [0, 0.05) is 71.3 Å². The average molecular weight is 702 g/mol. The number of carboxylic acid groups (broad SMARTS) is 3. The second-order valence-electron chi connectivity index (χ2n) is 12.0. The van der Waals surface area contributed by atoms with Gasteiger partial charge in [0.2, 0.25) is 11.8 Å². The van der Waals surface area contributed by atoms with E-state index < -0.39 is 35.7 Å². The molecule has 5 N–H and O–H groups in total. The molecule has 1 aromatic rings. The van der Waals surface area contributed by atoms with Crippen LogP contribution in [0.4, 0.5) is 5.69 Å². The molecule has 2 aliphatic rings. The van der Waals surface area contributed by atoms with Crippen LogP contribution in [-0.4, -0.2) is 174 Å². The topological polar surface area (TPSA) is 213 Å². The van der Waals surface area contributed by atoms with Crippen molar-refractivity contribution in [2.24, 2.45) is 0 Å². The Labute approximate surface area is 290 Å². The number of hydrogen-bond donors (Lipinski definition) is 5. The summed E-state index contributed by atoms with van der Waals surface area (Å²) in [5.74, 6) is -4.42. The summed E-state index contributed by atoms with van der Waals surface area (Å²) < 4.78 is 5.10. The van der Waals surface area contributed by atoms with Crippen LogP contribution in [-0.2, 0) is 33.5 Å². The fourth-order valence-electron chi connectivity index (χ4n) is 5.51. The van der Waals surface area contributed by atoms with Gasteiger partial charge in [0.15, 0.2) is 0 Å². The minimum absolute atomic E-state index is 0.112. The van der Waals surface area contributed by atoms with Crippen molar-refractivity contribution in [1.82, 2.24) is 29.8 Å². The molecule has 1 unspecified atom stereocenters. The van der Waals surface area contributed by atoms with E-state index >= 15 is 0 Å². The number of nitrogens with one attached hydrogen (secondary N) is 2. The first-order chi connectivity index (χ1) is 23.8. The van der Waals surface area contributed by atoms with E-state index in [4.69, 9.17) is 4.74 Å². The van der Waals surface area contributed by atoms with E-state index in [1.807, 2.05) is 30.2 Å². The zero-order valence-electron chi connectivity index (χ0n) is 28.5. The molecule has 2 aliphatic heterocycles. The third kappa shape index (κ3) is 13.9. The molecule has 2 heterocycles. The van der Waals surface area contributed by atoms with Gasteiger partial charge in [-0.3, -0.25) is 43.6 Å². The lowest BCUT2D eigenvalue weighted by atomic mass is 10.00. The minimum atomic E-state index is -1.04. The summed E-state index contributed by atoms with van der Waals surface area (Å²) in [6.07, 6.45) is 5.30. The molecule has 50 heavy (non-hydrogen) atoms. The van der Waals surface area contributed by atoms with Gasteiger partial charge in [0.1, 0.15) is 0 Å². The Balaban J connectivity index is 1.57. The van der Waals surface area contributed by atoms with Crippen LogP contribution < -0.4 is 10.6 Å². The SMILES string of the molecule is CCOC(=O)C1=CC(c2ccc(NC(=O)CNC(=O)CN3CCN(CC(=O)O)CCN(CC(=O)O)CCN(CC(=O)O)CC3)cc2)N(C)C=C1. The van der Waals surface area contributed by atoms with E-state index in [1.165, 1.54) is 0 Å². The maximum atomic E-state index is 12.9. The Morgan fingerprint density at radius 1 is 0.720 bits per heavy atom. The van der Waals surface area contributed by atoms with Crippen molar-refractivity contribution in [3.8, 4) is 0 Å². The zero-order chi connectivity index (χ0) is 36.6. The van der Waals surface area contributed by atoms with Crippen molar-refractivity contribution in [2.75, 3.05) is 104 Å². The van der Waals surface area contributed by atoms with Crippen molar-refractivity contribution >= 4 is 41.4 Å². The largest absolute Gasteiger partial charge is 0.480 e. The number of nitrogens with zero attached hydrogens (tertiary/aromatic N) is 5. The highest BCUT2D eigenvalue weighted by Crippen LogP contribution is 2.28. The van der Waals surface area contributed by atoms with Gasteiger partial charge in [-0.25, -0.2) is 4.79 Å². The van der Waals surface area contributed by atoms with Crippen LogP contribution in [0.3, 0.4) is 0 Å². The molecule has 0 aliphatic carbocycles. The highest BCUT2D eigenvalue weighted by molar-refractivity contribution is 5.95. The first kappa shape index (κ1) is 39.6. The first-order valence-electron chi connectivity index (χ1n) is 16.3. The average Bonchev–Trinajstić information content (AvgIpc) is 3.05. The van der Waals surface area contributed by atoms with Crippen LogP contribution >= 0.6 is 0 Å². The lowest BCUT2D eigenvalue weighted by Crippen LogP contribution is -2.50. The fraction of sp³-hybridized carbons (Fsp3) is 0.515. The number of aliphatic carboxylic acids is 3. The van der Waals surface area contributed by atoms with Gasteiger partial charge < -0.3 is 35.6 Å². The standard InChI is InChI=1S/C33H47N7O10/c1-3-50-33(49)25-8-9-36(2)27(18-25)24-4-6-26(7-5-24)35-28(41)19-34-29(42)20-37-10-12-38(21-30(43)44)14-16-40(23-32(47)48)17-15-39(13-11-37)22-31(45)46/h4-9,18,27H,3,10-17,19-23H2,1-2H3,(H,34,42)(H,35,41)(H,43,44)(H,45,46)(H,47,48). The Morgan fingerprint density at radius 2 is 1.18 bits per heavy atom. The Hall–Kier alpha value is -4.84. The number of esters is 1. The molecule has 3 rings (SSSR count). The highest BCUT2D eigenvalue weighted by atomic mass is 16.5. The molecular weight excluding hydrogens is 654 g/mol. The summed E-state index contributed by atoms with van der Waals surface area (Å²) in [7, 11) is 1.88. The van der Waals surface area contributed by atoms with Crippen molar-refractivity contribution in [3.63, 3.8) is 0 Å². The Morgan fingerprint density at radius 3 is 1.62 bits per heavy atom. The molecule has 0 bridgehead atoms. The van der Waals surface area contributed by atoms with Gasteiger partial charge >= 0.3 is 23.9 Å². The highest BCUT2D eigenvalue weighted by Gasteiger charge is 2.22. The van der Waals surface area contributed by atoms with E-state index in [0.717, 1.165) is 5.56 Å². The number of likely N-dealkylation sites (N-methyl/N-ethyl adjacent to an activating group) is 1. The Kier molecular flexibility index (Phi) is 15.8. The maximum absolute atomic E-state index is 12.9. The lowest BCUT2D eigenvalue weighted by Gasteiger charge is -2.32. The van der Waals surface area contributed by atoms with Crippen LogP contribution in [0, 0.1) is 0 Å². The molecule has 1 aromatic carbocycles. The summed E-state index contributed by atoms with van der Waals surface area (Å²) >= 11 is 0. The third-order valence-electron chi connectivity index (χ3n) is 8.13. The molecular formula is C33H47N7O10. The number of anilines is 1. The number of ether oxygens (including phenoxy) is 1. The van der Waals surface area contributed by atoms with Gasteiger partial charge in [-0.2, -0.15) is 0 Å². The number of carbonyl (C=O) groups excluding carboxylic acids is 3. The molecule has 17 heteroatoms. The number of carbonyl (C=O) groups is 6. The predicted octanol–water partition coefficient (Wildman–Crippen LogP) is -0.794. The lowest BCUT2D eigenvalue weighted by molar-refractivity contribution is -0.140. The van der Waals surface area contributed by atoms with Gasteiger partial charge in [-0.1, -0.05) is 12.1 Å². The number of benzene rings is 1. The molecule has 1 atom stereocenters. The van der Waals surface area contributed by atoms with Crippen LogP contribution in [0.1, 0.15) is 18.5 Å². The second kappa shape index (κ2) is 20.0. The molecule has 0 spiro atoms. The molecule has 1 fully saturated rings. The van der Waals surface area contributed by atoms with Crippen LogP contribution in [0.25, 0.3) is 0 Å². The van der Waals surface area contributed by atoms with Gasteiger partial charge in [-0.05, 0) is 36.8 Å². The molecule has 0 radical (unpaired) electrons. The second-order valence-corrected chi connectivity index (χ2v) is 12.0. The molecule has 2 amide bonds. The number of amides is 2. The van der Waals surface area contributed by atoms with Crippen LogP contribution in [0.2, 0.25) is 0 Å². The summed E-state index contributed by atoms with van der Waals surface area (Å²) in [4.78, 5) is 80.8. The van der Waals surface area contributed by atoms with E-state index in [-0.39, 0.29) is 97.7 Å². The van der Waals surface area contributed by atoms with E-state index in [0.29, 0.717) is 11.3 Å². The molecule has 274 valence electrons. The smallest absolute Gasteiger partial charge is 0.337 e. The molecule has 17 nitrogen and oxygen atoms in total. The fourth-order valence-corrected chi connectivity index (χ4v) is 5.51. The predicted molar refractivity (Wildman–Crippen MR) is 181 cm³/mol. The molecule has 0 aromatic heterocycles. The van der Waals surface area contributed by atoms with Gasteiger partial charge in [0.25, 0.3) is 0 Å². The zero-order valence-corrected chi connectivity index (χ0v) is 28.5. The van der Waals surface area contributed by atoms with Gasteiger partial charge in [0.05, 0.1) is 50.9 Å². The normalized spacial score (nSPS) is 18.6.